The zero-order valence-corrected chi connectivity index (χ0v) is 26.8. The van der Waals surface area contributed by atoms with Gasteiger partial charge in [-0.15, -0.1) is 0 Å². The third-order valence-electron chi connectivity index (χ3n) is 8.35. The number of carbonyl (C=O) groups is 2. The molecule has 13 nitrogen and oxygen atoms in total. The van der Waals surface area contributed by atoms with Gasteiger partial charge in [0.05, 0.1) is 52.3 Å². The summed E-state index contributed by atoms with van der Waals surface area (Å²) in [5.74, 6) is 1.84. The molecule has 0 aliphatic carbocycles. The minimum absolute atomic E-state index is 0.0210. The molecule has 0 unspecified atom stereocenters. The summed E-state index contributed by atoms with van der Waals surface area (Å²) in [6.45, 7) is 5.74. The lowest BCUT2D eigenvalue weighted by Crippen LogP contribution is -2.43. The maximum atomic E-state index is 12.8. The van der Waals surface area contributed by atoms with Gasteiger partial charge >= 0.3 is 0 Å². The molecule has 3 aromatic rings. The second-order valence-corrected chi connectivity index (χ2v) is 11.5. The molecule has 13 heteroatoms. The lowest BCUT2D eigenvalue weighted by molar-refractivity contribution is -0.138. The van der Waals surface area contributed by atoms with Gasteiger partial charge in [0, 0.05) is 31.7 Å². The minimum atomic E-state index is -0.526. The van der Waals surface area contributed by atoms with Gasteiger partial charge < -0.3 is 45.4 Å². The molecule has 254 valence electrons. The van der Waals surface area contributed by atoms with E-state index in [-0.39, 0.29) is 18.6 Å². The zero-order valence-electron chi connectivity index (χ0n) is 26.8. The monoisotopic (exact) mass is 650 g/mol. The van der Waals surface area contributed by atoms with Crippen LogP contribution in [0, 0.1) is 5.92 Å². The molecule has 3 heterocycles. The maximum absolute atomic E-state index is 12.8. The second-order valence-electron chi connectivity index (χ2n) is 11.5. The number of piperidine rings is 1. The van der Waals surface area contributed by atoms with Crippen LogP contribution in [0.5, 0.6) is 11.5 Å². The van der Waals surface area contributed by atoms with Crippen molar-refractivity contribution >= 4 is 17.6 Å². The maximum Gasteiger partial charge on any atom is 0.254 e. The summed E-state index contributed by atoms with van der Waals surface area (Å²) in [4.78, 5) is 27.4. The second kappa shape index (κ2) is 17.8. The van der Waals surface area contributed by atoms with Crippen molar-refractivity contribution in [2.75, 3.05) is 84.4 Å². The number of nitrogens with one attached hydrogen (secondary N) is 1. The van der Waals surface area contributed by atoms with Gasteiger partial charge in [-0.3, -0.25) is 9.59 Å². The number of hydrogen-bond acceptors (Lipinski definition) is 10. The molecule has 2 amide bonds. The summed E-state index contributed by atoms with van der Waals surface area (Å²) < 4.78 is 29.6. The number of carbonyl (C=O) groups excluding carboxylic acids is 2. The Kier molecular flexibility index (Phi) is 13.0. The van der Waals surface area contributed by atoms with Crippen molar-refractivity contribution in [1.82, 2.24) is 14.7 Å². The van der Waals surface area contributed by atoms with Gasteiger partial charge in [-0.2, -0.15) is 5.10 Å². The average Bonchev–Trinajstić information content (AvgIpc) is 3.50. The quantitative estimate of drug-likeness (QED) is 0.174. The fraction of sp³-hybridized carbons (Fsp3) is 0.500. The molecule has 1 fully saturated rings. The smallest absolute Gasteiger partial charge is 0.254 e. The number of ether oxygens (including phenoxy) is 5. The molecule has 2 aliphatic rings. The van der Waals surface area contributed by atoms with Crippen LogP contribution in [0.2, 0.25) is 0 Å². The highest BCUT2D eigenvalue weighted by molar-refractivity contribution is 6.03. The van der Waals surface area contributed by atoms with E-state index in [4.69, 9.17) is 40.3 Å². The van der Waals surface area contributed by atoms with Crippen LogP contribution in [0.15, 0.2) is 54.6 Å². The van der Waals surface area contributed by atoms with E-state index in [9.17, 15) is 9.59 Å². The Morgan fingerprint density at radius 3 is 2.06 bits per heavy atom. The number of hydrogen-bond donors (Lipinski definition) is 3. The molecule has 0 saturated carbocycles. The molecule has 2 aliphatic heterocycles. The molecular weight excluding hydrogens is 604 g/mol. The number of rotatable bonds is 18. The van der Waals surface area contributed by atoms with Crippen LogP contribution in [0.4, 0.5) is 5.82 Å². The predicted octanol–water partition coefficient (Wildman–Crippen LogP) is 3.06. The summed E-state index contributed by atoms with van der Waals surface area (Å²) in [5, 5.41) is 8.31. The van der Waals surface area contributed by atoms with E-state index in [1.807, 2.05) is 64.2 Å². The van der Waals surface area contributed by atoms with Gasteiger partial charge in [0.1, 0.15) is 35.2 Å². The Hall–Kier alpha value is -4.01. The van der Waals surface area contributed by atoms with E-state index in [2.05, 4.69) is 5.32 Å². The third kappa shape index (κ3) is 9.52. The number of aromatic nitrogens is 2. The largest absolute Gasteiger partial charge is 0.457 e. The highest BCUT2D eigenvalue weighted by atomic mass is 16.6. The van der Waals surface area contributed by atoms with Crippen LogP contribution < -0.4 is 21.5 Å². The number of likely N-dealkylation sites (tertiary alicyclic amines) is 1. The van der Waals surface area contributed by atoms with Crippen molar-refractivity contribution < 1.29 is 33.3 Å². The zero-order chi connectivity index (χ0) is 32.8. The van der Waals surface area contributed by atoms with Crippen molar-refractivity contribution in [1.29, 1.82) is 0 Å². The first-order valence-electron chi connectivity index (χ1n) is 16.3. The number of amides is 2. The molecule has 0 radical (unpaired) electrons. The van der Waals surface area contributed by atoms with Crippen LogP contribution in [-0.2, 0) is 23.7 Å². The Balaban J connectivity index is 1.09. The fourth-order valence-corrected chi connectivity index (χ4v) is 6.01. The molecule has 1 saturated heterocycles. The van der Waals surface area contributed by atoms with E-state index in [0.29, 0.717) is 101 Å². The Labute approximate surface area is 275 Å². The SMILES string of the molecule is NCCOCCOCCOCCOCC(=O)N1CCC([C@@H]2CCNc3c(C(N)=O)c(-c4ccc(Oc5ccccc5)cc4)nn32)CC1. The minimum Gasteiger partial charge on any atom is -0.457 e. The molecule has 5 rings (SSSR count). The topological polar surface area (TPSA) is 165 Å². The predicted molar refractivity (Wildman–Crippen MR) is 176 cm³/mol. The number of para-hydroxylation sites is 1. The highest BCUT2D eigenvalue weighted by Gasteiger charge is 2.36. The molecule has 1 atom stereocenters. The molecule has 2 aromatic carbocycles. The molecule has 0 bridgehead atoms. The number of nitrogens with zero attached hydrogens (tertiary/aromatic N) is 3. The van der Waals surface area contributed by atoms with Crippen molar-refractivity contribution in [3.05, 3.63) is 60.2 Å². The van der Waals surface area contributed by atoms with E-state index in [0.717, 1.165) is 30.6 Å². The molecule has 0 spiro atoms. The van der Waals surface area contributed by atoms with Crippen LogP contribution in [0.1, 0.15) is 35.7 Å². The van der Waals surface area contributed by atoms with Crippen LogP contribution in [0.25, 0.3) is 11.3 Å². The number of benzene rings is 2. The van der Waals surface area contributed by atoms with Gasteiger partial charge in [-0.1, -0.05) is 18.2 Å². The van der Waals surface area contributed by atoms with Crippen molar-refractivity contribution in [2.45, 2.75) is 25.3 Å². The van der Waals surface area contributed by atoms with Gasteiger partial charge in [0.25, 0.3) is 5.91 Å². The lowest BCUT2D eigenvalue weighted by Gasteiger charge is -2.38. The van der Waals surface area contributed by atoms with Gasteiger partial charge in [0.15, 0.2) is 0 Å². The van der Waals surface area contributed by atoms with Gasteiger partial charge in [-0.25, -0.2) is 4.68 Å². The van der Waals surface area contributed by atoms with Crippen molar-refractivity contribution in [2.24, 2.45) is 17.4 Å². The number of primary amides is 1. The van der Waals surface area contributed by atoms with Gasteiger partial charge in [-0.05, 0) is 61.6 Å². The lowest BCUT2D eigenvalue weighted by atomic mass is 9.87. The summed E-state index contributed by atoms with van der Waals surface area (Å²) in [5.41, 5.74) is 13.0. The van der Waals surface area contributed by atoms with Crippen molar-refractivity contribution in [3.63, 3.8) is 0 Å². The highest BCUT2D eigenvalue weighted by Crippen LogP contribution is 2.40. The van der Waals surface area contributed by atoms with Crippen molar-refractivity contribution in [3.8, 4) is 22.8 Å². The van der Waals surface area contributed by atoms with Crippen LogP contribution >= 0.6 is 0 Å². The van der Waals surface area contributed by atoms with E-state index < -0.39 is 5.91 Å². The molecule has 5 N–H and O–H groups in total. The normalized spacial score (nSPS) is 16.4. The molecular formula is C34H46N6O7. The third-order valence-corrected chi connectivity index (χ3v) is 8.35. The first-order chi connectivity index (χ1) is 23.0. The Bertz CT molecular complexity index is 1410. The number of anilines is 1. The average molecular weight is 651 g/mol. The van der Waals surface area contributed by atoms with E-state index in [1.54, 1.807) is 0 Å². The summed E-state index contributed by atoms with van der Waals surface area (Å²) >= 11 is 0. The molecule has 47 heavy (non-hydrogen) atoms. The van der Waals surface area contributed by atoms with Gasteiger partial charge in [0.2, 0.25) is 5.91 Å². The first-order valence-corrected chi connectivity index (χ1v) is 16.3. The Morgan fingerprint density at radius 1 is 0.809 bits per heavy atom. The fourth-order valence-electron chi connectivity index (χ4n) is 6.01. The summed E-state index contributed by atoms with van der Waals surface area (Å²) in [7, 11) is 0. The summed E-state index contributed by atoms with van der Waals surface area (Å²) in [6, 6.07) is 17.2. The first kappa shape index (κ1) is 34.3. The standard InChI is InChI=1S/C34H46N6O7/c35-13-17-43-18-19-44-20-21-45-22-23-46-24-30(41)39-15-11-25(12-16-39)29-10-14-37-34-31(33(36)42)32(38-40(29)34)26-6-8-28(9-7-26)47-27-4-2-1-3-5-27/h1-9,25,29,37H,10-24,35H2,(H2,36,42)/t29-/m0/s1. The van der Waals surface area contributed by atoms with Crippen LogP contribution in [-0.4, -0.2) is 106 Å². The van der Waals surface area contributed by atoms with Crippen LogP contribution in [0.3, 0.4) is 0 Å². The number of nitrogens with two attached hydrogens (primary N) is 2. The van der Waals surface area contributed by atoms with E-state index >= 15 is 0 Å². The number of fused-ring (bicyclic) bond motifs is 1. The molecule has 1 aromatic heterocycles. The Morgan fingerprint density at radius 2 is 1.43 bits per heavy atom. The summed E-state index contributed by atoms with van der Waals surface area (Å²) in [6.07, 6.45) is 2.54. The van der Waals surface area contributed by atoms with E-state index in [1.165, 1.54) is 0 Å².